The maximum Gasteiger partial charge on any atom is 0.0662 e. The molecular formula is C16H22IN3. The highest BCUT2D eigenvalue weighted by Crippen LogP contribution is 2.18. The molecule has 0 unspecified atom stereocenters. The summed E-state index contributed by atoms with van der Waals surface area (Å²) in [6, 6.07) is 8.65. The first kappa shape index (κ1) is 15.5. The molecule has 0 aliphatic rings. The number of aryl methyl sites for hydroxylation is 1. The number of benzene rings is 1. The Hall–Kier alpha value is -0.880. The van der Waals surface area contributed by atoms with Crippen LogP contribution in [0.25, 0.3) is 0 Å². The van der Waals surface area contributed by atoms with Crippen molar-refractivity contribution >= 4 is 22.6 Å². The Bertz CT molecular complexity index is 558. The summed E-state index contributed by atoms with van der Waals surface area (Å²) in [5.74, 6) is 0. The van der Waals surface area contributed by atoms with Crippen LogP contribution in [0, 0.1) is 3.57 Å². The van der Waals surface area contributed by atoms with E-state index in [1.807, 2.05) is 0 Å². The van der Waals surface area contributed by atoms with Gasteiger partial charge in [0.15, 0.2) is 0 Å². The van der Waals surface area contributed by atoms with Gasteiger partial charge in [-0.15, -0.1) is 0 Å². The van der Waals surface area contributed by atoms with Crippen molar-refractivity contribution in [3.8, 4) is 0 Å². The van der Waals surface area contributed by atoms with Crippen LogP contribution in [0.4, 0.5) is 0 Å². The number of rotatable bonds is 6. The topological polar surface area (TPSA) is 43.8 Å². The Kier molecular flexibility index (Phi) is 5.60. The fourth-order valence-corrected chi connectivity index (χ4v) is 2.95. The normalized spacial score (nSPS) is 11.0. The first-order valence-corrected chi connectivity index (χ1v) is 8.29. The number of halogens is 1. The van der Waals surface area contributed by atoms with Crippen LogP contribution in [0.1, 0.15) is 36.4 Å². The van der Waals surface area contributed by atoms with E-state index in [1.165, 1.54) is 26.1 Å². The second-order valence-corrected chi connectivity index (χ2v) is 6.15. The number of nitrogens with two attached hydrogens (primary N) is 1. The predicted octanol–water partition coefficient (Wildman–Crippen LogP) is 3.16. The van der Waals surface area contributed by atoms with Gasteiger partial charge in [0.25, 0.3) is 0 Å². The van der Waals surface area contributed by atoms with Crippen LogP contribution < -0.4 is 5.73 Å². The molecule has 0 saturated carbocycles. The van der Waals surface area contributed by atoms with Gasteiger partial charge in [-0.05, 0) is 71.7 Å². The lowest BCUT2D eigenvalue weighted by molar-refractivity contribution is 0.639. The molecule has 20 heavy (non-hydrogen) atoms. The molecule has 0 aliphatic carbocycles. The zero-order chi connectivity index (χ0) is 14.5. The van der Waals surface area contributed by atoms with Crippen molar-refractivity contribution in [3.63, 3.8) is 0 Å². The van der Waals surface area contributed by atoms with Crippen molar-refractivity contribution in [2.45, 2.75) is 39.7 Å². The van der Waals surface area contributed by atoms with Crippen LogP contribution in [0.3, 0.4) is 0 Å². The highest BCUT2D eigenvalue weighted by Gasteiger charge is 2.14. The second kappa shape index (κ2) is 7.22. The average Bonchev–Trinajstić information content (AvgIpc) is 2.79. The molecule has 4 heteroatoms. The molecule has 1 aromatic heterocycles. The lowest BCUT2D eigenvalue weighted by atomic mass is 10.1. The lowest BCUT2D eigenvalue weighted by Crippen LogP contribution is -2.09. The summed E-state index contributed by atoms with van der Waals surface area (Å²) in [6.45, 7) is 5.89. The van der Waals surface area contributed by atoms with Gasteiger partial charge in [-0.2, -0.15) is 5.10 Å². The predicted molar refractivity (Wildman–Crippen MR) is 92.0 cm³/mol. The lowest BCUT2D eigenvalue weighted by Gasteiger charge is -2.08. The molecule has 0 amide bonds. The minimum atomic E-state index is 0.690. The molecule has 0 spiro atoms. The molecule has 1 heterocycles. The van der Waals surface area contributed by atoms with Gasteiger partial charge in [0, 0.05) is 9.26 Å². The SMILES string of the molecule is CCc1nn(Cc2ccc(I)cc2)c(CC)c1CCN. The minimum absolute atomic E-state index is 0.690. The maximum atomic E-state index is 5.75. The second-order valence-electron chi connectivity index (χ2n) is 4.90. The quantitative estimate of drug-likeness (QED) is 0.779. The van der Waals surface area contributed by atoms with Crippen molar-refractivity contribution in [1.29, 1.82) is 0 Å². The van der Waals surface area contributed by atoms with Crippen LogP contribution in [0.15, 0.2) is 24.3 Å². The summed E-state index contributed by atoms with van der Waals surface area (Å²) in [6.07, 6.45) is 2.91. The van der Waals surface area contributed by atoms with E-state index in [0.717, 1.165) is 25.8 Å². The Morgan fingerprint density at radius 2 is 1.85 bits per heavy atom. The van der Waals surface area contributed by atoms with E-state index in [-0.39, 0.29) is 0 Å². The monoisotopic (exact) mass is 383 g/mol. The smallest absolute Gasteiger partial charge is 0.0662 e. The Morgan fingerprint density at radius 3 is 2.40 bits per heavy atom. The number of aromatic nitrogens is 2. The fraction of sp³-hybridized carbons (Fsp3) is 0.438. The third-order valence-corrected chi connectivity index (χ3v) is 4.28. The molecule has 2 rings (SSSR count). The minimum Gasteiger partial charge on any atom is -0.330 e. The summed E-state index contributed by atoms with van der Waals surface area (Å²) in [5.41, 5.74) is 11.0. The third kappa shape index (κ3) is 3.41. The summed E-state index contributed by atoms with van der Waals surface area (Å²) in [5, 5.41) is 4.80. The molecule has 0 aliphatic heterocycles. The van der Waals surface area contributed by atoms with Crippen LogP contribution in [0.5, 0.6) is 0 Å². The van der Waals surface area contributed by atoms with Crippen molar-refractivity contribution in [2.24, 2.45) is 5.73 Å². The molecule has 0 radical (unpaired) electrons. The van der Waals surface area contributed by atoms with Gasteiger partial charge in [-0.3, -0.25) is 4.68 Å². The van der Waals surface area contributed by atoms with Crippen molar-refractivity contribution in [1.82, 2.24) is 9.78 Å². The zero-order valence-electron chi connectivity index (χ0n) is 12.2. The summed E-state index contributed by atoms with van der Waals surface area (Å²) < 4.78 is 3.42. The van der Waals surface area contributed by atoms with Crippen LogP contribution >= 0.6 is 22.6 Å². The van der Waals surface area contributed by atoms with E-state index in [2.05, 4.69) is 65.4 Å². The summed E-state index contributed by atoms with van der Waals surface area (Å²) in [4.78, 5) is 0. The van der Waals surface area contributed by atoms with E-state index in [4.69, 9.17) is 10.8 Å². The van der Waals surface area contributed by atoms with Gasteiger partial charge in [-0.1, -0.05) is 26.0 Å². The molecule has 1 aromatic carbocycles. The molecule has 0 atom stereocenters. The molecular weight excluding hydrogens is 361 g/mol. The molecule has 108 valence electrons. The fourth-order valence-electron chi connectivity index (χ4n) is 2.60. The number of nitrogens with zero attached hydrogens (tertiary/aromatic N) is 2. The highest BCUT2D eigenvalue weighted by molar-refractivity contribution is 14.1. The Balaban J connectivity index is 2.33. The van der Waals surface area contributed by atoms with Gasteiger partial charge in [0.05, 0.1) is 12.2 Å². The molecule has 0 bridgehead atoms. The van der Waals surface area contributed by atoms with Gasteiger partial charge in [0.2, 0.25) is 0 Å². The van der Waals surface area contributed by atoms with Crippen molar-refractivity contribution in [2.75, 3.05) is 6.54 Å². The Morgan fingerprint density at radius 1 is 1.15 bits per heavy atom. The third-order valence-electron chi connectivity index (χ3n) is 3.56. The molecule has 2 aromatic rings. The first-order valence-electron chi connectivity index (χ1n) is 7.21. The molecule has 2 N–H and O–H groups in total. The van der Waals surface area contributed by atoms with E-state index in [0.29, 0.717) is 6.54 Å². The first-order chi connectivity index (χ1) is 9.69. The number of hydrogen-bond acceptors (Lipinski definition) is 2. The van der Waals surface area contributed by atoms with E-state index >= 15 is 0 Å². The zero-order valence-corrected chi connectivity index (χ0v) is 14.4. The van der Waals surface area contributed by atoms with E-state index in [9.17, 15) is 0 Å². The molecule has 0 fully saturated rings. The van der Waals surface area contributed by atoms with Gasteiger partial charge >= 0.3 is 0 Å². The average molecular weight is 383 g/mol. The van der Waals surface area contributed by atoms with E-state index < -0.39 is 0 Å². The van der Waals surface area contributed by atoms with E-state index in [1.54, 1.807) is 0 Å². The molecule has 3 nitrogen and oxygen atoms in total. The summed E-state index contributed by atoms with van der Waals surface area (Å²) >= 11 is 2.33. The van der Waals surface area contributed by atoms with Crippen molar-refractivity contribution in [3.05, 3.63) is 50.4 Å². The number of hydrogen-bond donors (Lipinski definition) is 1. The van der Waals surface area contributed by atoms with Gasteiger partial charge in [0.1, 0.15) is 0 Å². The maximum absolute atomic E-state index is 5.75. The largest absolute Gasteiger partial charge is 0.330 e. The van der Waals surface area contributed by atoms with Crippen molar-refractivity contribution < 1.29 is 0 Å². The highest BCUT2D eigenvalue weighted by atomic mass is 127. The standard InChI is InChI=1S/C16H22IN3/c1-3-15-14(9-10-18)16(4-2)20(19-15)11-12-5-7-13(17)8-6-12/h5-8H,3-4,9-11,18H2,1-2H3. The molecule has 0 saturated heterocycles. The van der Waals surface area contributed by atoms with Gasteiger partial charge in [-0.25, -0.2) is 0 Å². The summed E-state index contributed by atoms with van der Waals surface area (Å²) in [7, 11) is 0. The van der Waals surface area contributed by atoms with Crippen LogP contribution in [0.2, 0.25) is 0 Å². The van der Waals surface area contributed by atoms with Gasteiger partial charge < -0.3 is 5.73 Å². The van der Waals surface area contributed by atoms with Crippen LogP contribution in [-0.2, 0) is 25.8 Å². The van der Waals surface area contributed by atoms with Crippen LogP contribution in [-0.4, -0.2) is 16.3 Å². The Labute approximate surface area is 134 Å².